The van der Waals surface area contributed by atoms with Gasteiger partial charge in [-0.05, 0) is 24.7 Å². The van der Waals surface area contributed by atoms with Crippen molar-refractivity contribution in [1.29, 1.82) is 0 Å². The third-order valence-electron chi connectivity index (χ3n) is 2.65. The summed E-state index contributed by atoms with van der Waals surface area (Å²) in [4.78, 5) is 0. The van der Waals surface area contributed by atoms with Gasteiger partial charge >= 0.3 is 0 Å². The van der Waals surface area contributed by atoms with Crippen LogP contribution in [0.25, 0.3) is 0 Å². The maximum atomic E-state index is 3.47. The molecule has 2 heteroatoms. The highest BCUT2D eigenvalue weighted by molar-refractivity contribution is 4.82. The van der Waals surface area contributed by atoms with E-state index in [0.29, 0.717) is 11.5 Å². The van der Waals surface area contributed by atoms with Gasteiger partial charge in [-0.25, -0.2) is 0 Å². The smallest absolute Gasteiger partial charge is 0.0220 e. The molecule has 0 aromatic heterocycles. The Balaban J connectivity index is 2.36. The predicted molar refractivity (Wildman–Crippen MR) is 52.9 cm³/mol. The van der Waals surface area contributed by atoms with E-state index in [9.17, 15) is 0 Å². The fraction of sp³-hybridized carbons (Fsp3) is 1.00. The molecule has 1 rings (SSSR count). The average Bonchev–Trinajstić information content (AvgIpc) is 1.82. The lowest BCUT2D eigenvalue weighted by Crippen LogP contribution is -2.44. The first kappa shape index (κ1) is 10.0. The number of nitrogens with zero attached hydrogens (tertiary/aromatic N) is 1. The molecule has 0 amide bonds. The second kappa shape index (κ2) is 3.75. The van der Waals surface area contributed by atoms with E-state index in [4.69, 9.17) is 0 Å². The van der Waals surface area contributed by atoms with Crippen molar-refractivity contribution in [1.82, 2.24) is 10.4 Å². The van der Waals surface area contributed by atoms with Crippen LogP contribution in [0.1, 0.15) is 39.5 Å². The number of hydrogen-bond acceptors (Lipinski definition) is 2. The minimum Gasteiger partial charge on any atom is -0.253 e. The molecular formula is C10H22N2. The zero-order valence-electron chi connectivity index (χ0n) is 8.85. The summed E-state index contributed by atoms with van der Waals surface area (Å²) >= 11 is 0. The fourth-order valence-corrected chi connectivity index (χ4v) is 2.17. The van der Waals surface area contributed by atoms with Crippen LogP contribution in [0, 0.1) is 5.41 Å². The van der Waals surface area contributed by atoms with Gasteiger partial charge in [0.25, 0.3) is 0 Å². The minimum absolute atomic E-state index is 0.548. The molecule has 0 heterocycles. The molecule has 1 aliphatic rings. The molecule has 0 radical (unpaired) electrons. The highest BCUT2D eigenvalue weighted by atomic mass is 15.5. The van der Waals surface area contributed by atoms with Crippen LogP contribution in [0.15, 0.2) is 0 Å². The summed E-state index contributed by atoms with van der Waals surface area (Å²) in [6, 6.07) is 0.698. The third-order valence-corrected chi connectivity index (χ3v) is 2.65. The molecule has 0 saturated heterocycles. The van der Waals surface area contributed by atoms with Crippen LogP contribution in [0.4, 0.5) is 0 Å². The summed E-state index contributed by atoms with van der Waals surface area (Å²) in [5.41, 5.74) is 4.02. The van der Waals surface area contributed by atoms with Crippen LogP contribution in [-0.2, 0) is 0 Å². The van der Waals surface area contributed by atoms with Gasteiger partial charge in [-0.3, -0.25) is 10.4 Å². The lowest BCUT2D eigenvalue weighted by Gasteiger charge is -2.36. The second-order valence-corrected chi connectivity index (χ2v) is 4.98. The van der Waals surface area contributed by atoms with Gasteiger partial charge in [0.1, 0.15) is 0 Å². The number of nitrogens with one attached hydrogen (secondary N) is 1. The first-order chi connectivity index (χ1) is 5.49. The molecule has 0 spiro atoms. The van der Waals surface area contributed by atoms with Crippen molar-refractivity contribution < 1.29 is 0 Å². The Bertz CT molecular complexity index is 141. The lowest BCUT2D eigenvalue weighted by atomic mass is 9.75. The maximum Gasteiger partial charge on any atom is 0.0220 e. The Kier molecular flexibility index (Phi) is 3.13. The van der Waals surface area contributed by atoms with Crippen molar-refractivity contribution in [2.24, 2.45) is 5.41 Å². The zero-order valence-corrected chi connectivity index (χ0v) is 8.85. The summed E-state index contributed by atoms with van der Waals surface area (Å²) in [5.74, 6) is 0. The molecule has 0 bridgehead atoms. The number of hydrogen-bond donors (Lipinski definition) is 1. The van der Waals surface area contributed by atoms with Crippen LogP contribution >= 0.6 is 0 Å². The van der Waals surface area contributed by atoms with E-state index in [1.165, 1.54) is 25.7 Å². The van der Waals surface area contributed by atoms with E-state index >= 15 is 0 Å². The molecule has 0 aliphatic heterocycles. The normalized spacial score (nSPS) is 29.2. The van der Waals surface area contributed by atoms with Gasteiger partial charge in [-0.15, -0.1) is 0 Å². The number of rotatable bonds is 2. The molecule has 0 aromatic carbocycles. The standard InChI is InChI=1S/C10H22N2/c1-10(2)7-5-6-9(8-10)11-12(3)4/h9,11H,5-8H2,1-4H3. The van der Waals surface area contributed by atoms with Crippen molar-refractivity contribution in [2.75, 3.05) is 14.1 Å². The van der Waals surface area contributed by atoms with Crippen molar-refractivity contribution in [3.05, 3.63) is 0 Å². The van der Waals surface area contributed by atoms with Crippen LogP contribution in [0.2, 0.25) is 0 Å². The summed E-state index contributed by atoms with van der Waals surface area (Å²) in [6.45, 7) is 4.74. The molecule has 1 atom stereocenters. The fourth-order valence-electron chi connectivity index (χ4n) is 2.17. The highest BCUT2D eigenvalue weighted by Crippen LogP contribution is 2.34. The Morgan fingerprint density at radius 2 is 2.00 bits per heavy atom. The summed E-state index contributed by atoms with van der Waals surface area (Å²) < 4.78 is 0. The van der Waals surface area contributed by atoms with Gasteiger partial charge in [0, 0.05) is 20.1 Å². The third kappa shape index (κ3) is 3.11. The zero-order chi connectivity index (χ0) is 9.19. The van der Waals surface area contributed by atoms with E-state index in [-0.39, 0.29) is 0 Å². The summed E-state index contributed by atoms with van der Waals surface area (Å²) in [7, 11) is 4.14. The molecule has 1 aliphatic carbocycles. The molecular weight excluding hydrogens is 148 g/mol. The SMILES string of the molecule is CN(C)NC1CCCC(C)(C)C1. The van der Waals surface area contributed by atoms with Crippen molar-refractivity contribution in [2.45, 2.75) is 45.6 Å². The molecule has 2 nitrogen and oxygen atoms in total. The van der Waals surface area contributed by atoms with Gasteiger partial charge < -0.3 is 0 Å². The van der Waals surface area contributed by atoms with E-state index in [1.54, 1.807) is 0 Å². The first-order valence-electron chi connectivity index (χ1n) is 4.93. The lowest BCUT2D eigenvalue weighted by molar-refractivity contribution is 0.139. The minimum atomic E-state index is 0.548. The summed E-state index contributed by atoms with van der Waals surface area (Å²) in [5, 5.41) is 2.08. The predicted octanol–water partition coefficient (Wildman–Crippen LogP) is 2.02. The second-order valence-electron chi connectivity index (χ2n) is 4.98. The molecule has 12 heavy (non-hydrogen) atoms. The quantitative estimate of drug-likeness (QED) is 0.638. The Morgan fingerprint density at radius 1 is 1.33 bits per heavy atom. The Morgan fingerprint density at radius 3 is 2.50 bits per heavy atom. The van der Waals surface area contributed by atoms with Crippen molar-refractivity contribution in [3.8, 4) is 0 Å². The molecule has 1 unspecified atom stereocenters. The molecule has 1 fully saturated rings. The molecule has 0 aromatic rings. The first-order valence-corrected chi connectivity index (χ1v) is 4.93. The van der Waals surface area contributed by atoms with Gasteiger partial charge in [0.05, 0.1) is 0 Å². The van der Waals surface area contributed by atoms with Gasteiger partial charge in [0.15, 0.2) is 0 Å². The van der Waals surface area contributed by atoms with Crippen LogP contribution < -0.4 is 5.43 Å². The molecule has 1 saturated carbocycles. The van der Waals surface area contributed by atoms with Crippen LogP contribution in [0.5, 0.6) is 0 Å². The van der Waals surface area contributed by atoms with Crippen molar-refractivity contribution >= 4 is 0 Å². The summed E-state index contributed by atoms with van der Waals surface area (Å²) in [6.07, 6.45) is 5.41. The monoisotopic (exact) mass is 170 g/mol. The average molecular weight is 170 g/mol. The molecule has 1 N–H and O–H groups in total. The Hall–Kier alpha value is -0.0800. The van der Waals surface area contributed by atoms with Gasteiger partial charge in [0.2, 0.25) is 0 Å². The van der Waals surface area contributed by atoms with E-state index in [0.717, 1.165) is 0 Å². The van der Waals surface area contributed by atoms with E-state index in [1.807, 2.05) is 0 Å². The topological polar surface area (TPSA) is 15.3 Å². The number of hydrazine groups is 1. The van der Waals surface area contributed by atoms with E-state index in [2.05, 4.69) is 38.4 Å². The van der Waals surface area contributed by atoms with Gasteiger partial charge in [-0.2, -0.15) is 0 Å². The van der Waals surface area contributed by atoms with Crippen molar-refractivity contribution in [3.63, 3.8) is 0 Å². The Labute approximate surface area is 76.3 Å². The molecule has 72 valence electrons. The van der Waals surface area contributed by atoms with Crippen LogP contribution in [0.3, 0.4) is 0 Å². The largest absolute Gasteiger partial charge is 0.253 e. The highest BCUT2D eigenvalue weighted by Gasteiger charge is 2.27. The maximum absolute atomic E-state index is 3.47. The van der Waals surface area contributed by atoms with Gasteiger partial charge in [-0.1, -0.05) is 20.3 Å². The van der Waals surface area contributed by atoms with E-state index < -0.39 is 0 Å². The van der Waals surface area contributed by atoms with Crippen LogP contribution in [-0.4, -0.2) is 25.1 Å².